The Labute approximate surface area is 132 Å². The van der Waals surface area contributed by atoms with Crippen molar-refractivity contribution in [2.45, 2.75) is 6.42 Å². The van der Waals surface area contributed by atoms with E-state index < -0.39 is 17.6 Å². The third-order valence-electron chi connectivity index (χ3n) is 2.92. The molecule has 0 aliphatic carbocycles. The molecule has 0 heterocycles. The lowest BCUT2D eigenvalue weighted by Crippen LogP contribution is -2.36. The molecule has 4 nitrogen and oxygen atoms in total. The molecule has 0 saturated carbocycles. The zero-order valence-electron chi connectivity index (χ0n) is 11.6. The van der Waals surface area contributed by atoms with Gasteiger partial charge in [-0.05, 0) is 48.4 Å². The molecule has 0 fully saturated rings. The smallest absolute Gasteiger partial charge is 0.313 e. The van der Waals surface area contributed by atoms with E-state index >= 15 is 0 Å². The van der Waals surface area contributed by atoms with E-state index in [2.05, 4.69) is 10.6 Å². The van der Waals surface area contributed by atoms with Gasteiger partial charge in [0.1, 0.15) is 5.82 Å². The van der Waals surface area contributed by atoms with Gasteiger partial charge >= 0.3 is 11.8 Å². The normalized spacial score (nSPS) is 10.1. The van der Waals surface area contributed by atoms with Gasteiger partial charge in [0.05, 0.1) is 0 Å². The second kappa shape index (κ2) is 7.56. The van der Waals surface area contributed by atoms with E-state index in [0.717, 1.165) is 5.56 Å². The molecule has 0 aliphatic heterocycles. The van der Waals surface area contributed by atoms with E-state index in [1.165, 1.54) is 24.3 Å². The van der Waals surface area contributed by atoms with Crippen molar-refractivity contribution in [3.8, 4) is 0 Å². The van der Waals surface area contributed by atoms with Crippen molar-refractivity contribution < 1.29 is 14.0 Å². The van der Waals surface area contributed by atoms with Crippen LogP contribution in [0.1, 0.15) is 5.56 Å². The highest BCUT2D eigenvalue weighted by Gasteiger charge is 2.12. The van der Waals surface area contributed by atoms with Crippen molar-refractivity contribution >= 4 is 29.1 Å². The van der Waals surface area contributed by atoms with Gasteiger partial charge in [0.2, 0.25) is 0 Å². The Balaban J connectivity index is 1.77. The van der Waals surface area contributed by atoms with Crippen LogP contribution in [0.5, 0.6) is 0 Å². The van der Waals surface area contributed by atoms with Gasteiger partial charge in [-0.1, -0.05) is 23.7 Å². The number of hydrogen-bond donors (Lipinski definition) is 2. The Morgan fingerprint density at radius 1 is 0.955 bits per heavy atom. The van der Waals surface area contributed by atoms with Crippen molar-refractivity contribution in [1.29, 1.82) is 0 Å². The summed E-state index contributed by atoms with van der Waals surface area (Å²) in [5.41, 5.74) is 1.36. The minimum absolute atomic E-state index is 0.331. The van der Waals surface area contributed by atoms with E-state index in [-0.39, 0.29) is 0 Å². The lowest BCUT2D eigenvalue weighted by atomic mass is 10.1. The van der Waals surface area contributed by atoms with E-state index in [9.17, 15) is 14.0 Å². The molecule has 114 valence electrons. The molecule has 0 saturated heterocycles. The topological polar surface area (TPSA) is 58.2 Å². The summed E-state index contributed by atoms with van der Waals surface area (Å²) in [6.45, 7) is 0.331. The van der Waals surface area contributed by atoms with Crippen LogP contribution in [0.2, 0.25) is 5.02 Å². The molecule has 0 unspecified atom stereocenters. The maximum Gasteiger partial charge on any atom is 0.313 e. The highest BCUT2D eigenvalue weighted by atomic mass is 35.5. The molecule has 0 atom stereocenters. The minimum Gasteiger partial charge on any atom is -0.347 e. The molecular weight excluding hydrogens is 307 g/mol. The first-order chi connectivity index (χ1) is 10.5. The van der Waals surface area contributed by atoms with Crippen LogP contribution in [0, 0.1) is 5.82 Å². The van der Waals surface area contributed by atoms with Crippen LogP contribution in [-0.2, 0) is 16.0 Å². The van der Waals surface area contributed by atoms with E-state index in [0.29, 0.717) is 23.7 Å². The summed E-state index contributed by atoms with van der Waals surface area (Å²) in [7, 11) is 0. The van der Waals surface area contributed by atoms with E-state index in [4.69, 9.17) is 11.6 Å². The molecule has 0 bridgehead atoms. The third-order valence-corrected chi connectivity index (χ3v) is 3.17. The zero-order chi connectivity index (χ0) is 15.9. The summed E-state index contributed by atoms with van der Waals surface area (Å²) in [4.78, 5) is 23.3. The Morgan fingerprint density at radius 3 is 2.23 bits per heavy atom. The Morgan fingerprint density at radius 2 is 1.59 bits per heavy atom. The number of nitrogens with one attached hydrogen (secondary N) is 2. The van der Waals surface area contributed by atoms with Crippen molar-refractivity contribution in [2.75, 3.05) is 11.9 Å². The fourth-order valence-corrected chi connectivity index (χ4v) is 1.90. The maximum absolute atomic E-state index is 12.7. The molecule has 6 heteroatoms. The number of rotatable bonds is 4. The van der Waals surface area contributed by atoms with Gasteiger partial charge in [0.15, 0.2) is 0 Å². The lowest BCUT2D eigenvalue weighted by molar-refractivity contribution is -0.136. The number of halogens is 2. The first-order valence-corrected chi connectivity index (χ1v) is 7.01. The molecule has 2 aromatic carbocycles. The van der Waals surface area contributed by atoms with Crippen LogP contribution in [0.15, 0.2) is 48.5 Å². The summed E-state index contributed by atoms with van der Waals surface area (Å²) in [5, 5.41) is 5.55. The van der Waals surface area contributed by atoms with Crippen LogP contribution in [0.3, 0.4) is 0 Å². The second-order valence-corrected chi connectivity index (χ2v) is 5.03. The Bertz CT molecular complexity index is 657. The number of carbonyl (C=O) groups is 2. The van der Waals surface area contributed by atoms with Crippen molar-refractivity contribution in [3.63, 3.8) is 0 Å². The molecule has 0 radical (unpaired) electrons. The summed E-state index contributed by atoms with van der Waals surface area (Å²) in [6, 6.07) is 12.4. The molecule has 2 N–H and O–H groups in total. The van der Waals surface area contributed by atoms with Gasteiger partial charge in [-0.2, -0.15) is 0 Å². The first kappa shape index (κ1) is 16.0. The fraction of sp³-hybridized carbons (Fsp3) is 0.125. The predicted octanol–water partition coefficient (Wildman–Crippen LogP) is 2.78. The third kappa shape index (κ3) is 4.86. The second-order valence-electron chi connectivity index (χ2n) is 4.59. The molecule has 0 aliphatic rings. The molecule has 0 aromatic heterocycles. The molecular formula is C16H14ClFN2O2. The van der Waals surface area contributed by atoms with Crippen LogP contribution >= 0.6 is 11.6 Å². The zero-order valence-corrected chi connectivity index (χ0v) is 12.4. The van der Waals surface area contributed by atoms with Crippen molar-refractivity contribution in [2.24, 2.45) is 0 Å². The monoisotopic (exact) mass is 320 g/mol. The number of hydrogen-bond acceptors (Lipinski definition) is 2. The molecule has 2 rings (SSSR count). The summed E-state index contributed by atoms with van der Waals surface area (Å²) < 4.78 is 12.7. The summed E-state index contributed by atoms with van der Waals surface area (Å²) >= 11 is 5.78. The number of amides is 2. The number of carbonyl (C=O) groups excluding carboxylic acids is 2. The summed E-state index contributed by atoms with van der Waals surface area (Å²) in [5.74, 6) is -1.94. The SMILES string of the molecule is O=C(NCCc1ccc(Cl)cc1)C(=O)Nc1ccc(F)cc1. The Hall–Kier alpha value is -2.40. The Kier molecular flexibility index (Phi) is 5.49. The first-order valence-electron chi connectivity index (χ1n) is 6.64. The van der Waals surface area contributed by atoms with Gasteiger partial charge in [-0.3, -0.25) is 9.59 Å². The molecule has 0 spiro atoms. The van der Waals surface area contributed by atoms with Gasteiger partial charge < -0.3 is 10.6 Å². The van der Waals surface area contributed by atoms with Crippen molar-refractivity contribution in [3.05, 3.63) is 64.9 Å². The van der Waals surface area contributed by atoms with Crippen molar-refractivity contribution in [1.82, 2.24) is 5.32 Å². The van der Waals surface area contributed by atoms with Gasteiger partial charge in [-0.25, -0.2) is 4.39 Å². The van der Waals surface area contributed by atoms with Gasteiger partial charge in [0, 0.05) is 17.3 Å². The van der Waals surface area contributed by atoms with Gasteiger partial charge in [-0.15, -0.1) is 0 Å². The highest BCUT2D eigenvalue weighted by molar-refractivity contribution is 6.39. The number of anilines is 1. The lowest BCUT2D eigenvalue weighted by Gasteiger charge is -2.06. The fourth-order valence-electron chi connectivity index (χ4n) is 1.77. The minimum atomic E-state index is -0.789. The molecule has 2 aromatic rings. The highest BCUT2D eigenvalue weighted by Crippen LogP contribution is 2.10. The van der Waals surface area contributed by atoms with Crippen LogP contribution < -0.4 is 10.6 Å². The average molecular weight is 321 g/mol. The van der Waals surface area contributed by atoms with E-state index in [1.54, 1.807) is 12.1 Å². The van der Waals surface area contributed by atoms with Crippen LogP contribution in [-0.4, -0.2) is 18.4 Å². The summed E-state index contributed by atoms with van der Waals surface area (Å²) in [6.07, 6.45) is 0.590. The molecule has 22 heavy (non-hydrogen) atoms. The maximum atomic E-state index is 12.7. The standard InChI is InChI=1S/C16H14ClFN2O2/c17-12-3-1-11(2-4-12)9-10-19-15(21)16(22)20-14-7-5-13(18)6-8-14/h1-8H,9-10H2,(H,19,21)(H,20,22). The van der Waals surface area contributed by atoms with Crippen LogP contribution in [0.4, 0.5) is 10.1 Å². The van der Waals surface area contributed by atoms with E-state index in [1.807, 2.05) is 12.1 Å². The molecule has 2 amide bonds. The quantitative estimate of drug-likeness (QED) is 0.851. The number of benzene rings is 2. The predicted molar refractivity (Wildman–Crippen MR) is 83.2 cm³/mol. The average Bonchev–Trinajstić information content (AvgIpc) is 2.51. The van der Waals surface area contributed by atoms with Gasteiger partial charge in [0.25, 0.3) is 0 Å². The largest absolute Gasteiger partial charge is 0.347 e. The van der Waals surface area contributed by atoms with Crippen LogP contribution in [0.25, 0.3) is 0 Å².